The highest BCUT2D eigenvalue weighted by atomic mass is 32.1. The number of nitrogens with zero attached hydrogens (tertiary/aromatic N) is 1. The van der Waals surface area contributed by atoms with Gasteiger partial charge in [0.25, 0.3) is 11.8 Å². The van der Waals surface area contributed by atoms with Crippen LogP contribution in [0.25, 0.3) is 19.5 Å². The molecule has 0 saturated heterocycles. The van der Waals surface area contributed by atoms with Crippen molar-refractivity contribution in [3.05, 3.63) is 34.0 Å². The van der Waals surface area contributed by atoms with Gasteiger partial charge in [0, 0.05) is 26.6 Å². The molecule has 2 unspecified atom stereocenters. The summed E-state index contributed by atoms with van der Waals surface area (Å²) in [5.74, 6) is 1.39. The first-order valence-corrected chi connectivity index (χ1v) is 23.1. The van der Waals surface area contributed by atoms with E-state index >= 15 is 0 Å². The van der Waals surface area contributed by atoms with Crippen molar-refractivity contribution in [2.24, 2.45) is 11.8 Å². The van der Waals surface area contributed by atoms with Crippen LogP contribution in [0.3, 0.4) is 0 Å². The molecule has 0 aromatic carbocycles. The lowest BCUT2D eigenvalue weighted by Crippen LogP contribution is -2.56. The molecule has 2 aliphatic heterocycles. The summed E-state index contributed by atoms with van der Waals surface area (Å²) >= 11 is 5.45. The van der Waals surface area contributed by atoms with Crippen molar-refractivity contribution in [2.45, 2.75) is 137 Å². The first-order valence-electron chi connectivity index (χ1n) is 18.1. The lowest BCUT2D eigenvalue weighted by molar-refractivity contribution is 0.0651. The van der Waals surface area contributed by atoms with Gasteiger partial charge in [-0.3, -0.25) is 14.5 Å². The summed E-state index contributed by atoms with van der Waals surface area (Å²) in [5, 5.41) is 7.67. The Labute approximate surface area is 285 Å². The highest BCUT2D eigenvalue weighted by Crippen LogP contribution is 2.48. The fourth-order valence-corrected chi connectivity index (χ4v) is 19.3. The Morgan fingerprint density at radius 3 is 2.00 bits per heavy atom. The number of thiophene rings is 3. The molecule has 7 heteroatoms. The molecule has 45 heavy (non-hydrogen) atoms. The van der Waals surface area contributed by atoms with Gasteiger partial charge in [0.05, 0.1) is 16.0 Å². The molecule has 0 aliphatic carbocycles. The summed E-state index contributed by atoms with van der Waals surface area (Å²) < 4.78 is 0. The summed E-state index contributed by atoms with van der Waals surface area (Å²) in [6.45, 7) is 12.3. The van der Waals surface area contributed by atoms with Crippen molar-refractivity contribution in [3.8, 4) is 19.5 Å². The number of hydrogen-bond acceptors (Lipinski definition) is 5. The maximum atomic E-state index is 13.8. The predicted octanol–water partition coefficient (Wildman–Crippen LogP) is 11.5. The number of carbonyl (C=O) groups is 2. The van der Waals surface area contributed by atoms with Gasteiger partial charge in [-0.15, -0.1) is 34.0 Å². The third kappa shape index (κ3) is 7.03. The van der Waals surface area contributed by atoms with Crippen LogP contribution in [0.15, 0.2) is 22.9 Å². The van der Waals surface area contributed by atoms with E-state index in [1.807, 2.05) is 28.1 Å². The fourth-order valence-electron chi connectivity index (χ4n) is 7.96. The molecular formula is C38H55NO2S3Si. The lowest BCUT2D eigenvalue weighted by atomic mass is 10.0. The van der Waals surface area contributed by atoms with Crippen molar-refractivity contribution >= 4 is 64.3 Å². The first-order chi connectivity index (χ1) is 21.9. The quantitative estimate of drug-likeness (QED) is 0.0676. The van der Waals surface area contributed by atoms with E-state index in [0.29, 0.717) is 17.7 Å². The number of unbranched alkanes of at least 4 members (excludes halogenated alkanes) is 7. The zero-order valence-corrected chi connectivity index (χ0v) is 31.9. The van der Waals surface area contributed by atoms with Gasteiger partial charge in [-0.25, -0.2) is 0 Å². The maximum Gasteiger partial charge on any atom is 0.263 e. The minimum absolute atomic E-state index is 0.0649. The Morgan fingerprint density at radius 2 is 1.36 bits per heavy atom. The van der Waals surface area contributed by atoms with Crippen molar-refractivity contribution in [3.63, 3.8) is 0 Å². The topological polar surface area (TPSA) is 37.4 Å². The molecule has 3 aromatic heterocycles. The van der Waals surface area contributed by atoms with Crippen molar-refractivity contribution < 1.29 is 9.59 Å². The monoisotopic (exact) mass is 681 g/mol. The van der Waals surface area contributed by atoms with Gasteiger partial charge in [-0.2, -0.15) is 0 Å². The first kappa shape index (κ1) is 34.8. The summed E-state index contributed by atoms with van der Waals surface area (Å²) in [6, 6.07) is 7.73. The van der Waals surface area contributed by atoms with E-state index in [-0.39, 0.29) is 11.8 Å². The van der Waals surface area contributed by atoms with Crippen molar-refractivity contribution in [1.29, 1.82) is 0 Å². The van der Waals surface area contributed by atoms with Crippen LogP contribution in [0.1, 0.15) is 145 Å². The van der Waals surface area contributed by atoms with E-state index in [0.717, 1.165) is 29.6 Å². The Morgan fingerprint density at radius 1 is 0.711 bits per heavy atom. The molecule has 5 rings (SSSR count). The van der Waals surface area contributed by atoms with Crippen LogP contribution in [-0.2, 0) is 0 Å². The molecule has 2 atom stereocenters. The molecule has 246 valence electrons. The summed E-state index contributed by atoms with van der Waals surface area (Å²) in [4.78, 5) is 34.0. The molecule has 0 radical (unpaired) electrons. The Bertz CT molecular complexity index is 1420. The molecule has 0 fully saturated rings. The predicted molar refractivity (Wildman–Crippen MR) is 201 cm³/mol. The van der Waals surface area contributed by atoms with Crippen molar-refractivity contribution in [2.75, 3.05) is 6.54 Å². The van der Waals surface area contributed by atoms with Gasteiger partial charge in [-0.1, -0.05) is 124 Å². The standard InChI is InChI=1S/C38H55NO2S3Si/c1-6-11-14-15-16-17-21-39-37(40)29-24-43-34(33(29)38(39)41)30-23-32-36(44-30)35-31(20-22-42-35)45(32,25-27(9-4)18-12-7-2)26-28(10-5)19-13-8-3/h20,22-24,27-28H,6-19,21,25-26H2,1-5H3. The van der Waals surface area contributed by atoms with Crippen LogP contribution in [0, 0.1) is 11.8 Å². The second-order valence-electron chi connectivity index (χ2n) is 13.7. The molecular weight excluding hydrogens is 627 g/mol. The minimum Gasteiger partial charge on any atom is -0.274 e. The van der Waals surface area contributed by atoms with E-state index in [9.17, 15) is 9.59 Å². The summed E-state index contributed by atoms with van der Waals surface area (Å²) in [5.41, 5.74) is 1.31. The SMILES string of the molecule is CCCCCCCCN1C(=O)c2csc(-c3cc4c(s3)-c3sccc3[Si]4(CC(CC)CCCC)CC(CC)CCCC)c2C1=O. The average molecular weight is 682 g/mol. The maximum absolute atomic E-state index is 13.8. The van der Waals surface area contributed by atoms with Gasteiger partial charge in [0.1, 0.15) is 8.07 Å². The normalized spacial score (nSPS) is 18.5. The number of hydrogen-bond donors (Lipinski definition) is 0. The van der Waals surface area contributed by atoms with E-state index in [2.05, 4.69) is 52.1 Å². The molecule has 2 aliphatic rings. The molecule has 0 saturated carbocycles. The third-order valence-electron chi connectivity index (χ3n) is 10.7. The zero-order chi connectivity index (χ0) is 32.0. The molecule has 0 spiro atoms. The summed E-state index contributed by atoms with van der Waals surface area (Å²) in [6.07, 6.45) is 17.3. The van der Waals surface area contributed by atoms with Crippen molar-refractivity contribution in [1.82, 2.24) is 4.90 Å². The number of fused-ring (bicyclic) bond motifs is 4. The number of carbonyl (C=O) groups excluding carboxylic acids is 2. The number of rotatable bonds is 20. The van der Waals surface area contributed by atoms with Gasteiger partial charge in [0.2, 0.25) is 0 Å². The molecule has 3 aromatic rings. The highest BCUT2D eigenvalue weighted by molar-refractivity contribution is 7.31. The zero-order valence-electron chi connectivity index (χ0n) is 28.5. The fraction of sp³-hybridized carbons (Fsp3) is 0.632. The third-order valence-corrected chi connectivity index (χ3v) is 19.8. The number of amides is 2. The number of imide groups is 1. The Balaban J connectivity index is 1.49. The van der Waals surface area contributed by atoms with Gasteiger partial charge < -0.3 is 0 Å². The van der Waals surface area contributed by atoms with Crippen LogP contribution >= 0.6 is 34.0 Å². The molecule has 2 amide bonds. The van der Waals surface area contributed by atoms with E-state index in [4.69, 9.17) is 0 Å². The largest absolute Gasteiger partial charge is 0.274 e. The van der Waals surface area contributed by atoms with Crippen LogP contribution in [-0.4, -0.2) is 31.3 Å². The highest BCUT2D eigenvalue weighted by Gasteiger charge is 2.50. The summed E-state index contributed by atoms with van der Waals surface area (Å²) in [7, 11) is -2.02. The van der Waals surface area contributed by atoms with Gasteiger partial charge in [-0.05, 0) is 52.2 Å². The van der Waals surface area contributed by atoms with E-state index in [1.54, 1.807) is 21.7 Å². The van der Waals surface area contributed by atoms with Gasteiger partial charge >= 0.3 is 0 Å². The van der Waals surface area contributed by atoms with E-state index in [1.165, 1.54) is 109 Å². The second-order valence-corrected chi connectivity index (χ2v) is 20.6. The molecule has 0 N–H and O–H groups in total. The molecule has 0 bridgehead atoms. The molecule has 5 heterocycles. The minimum atomic E-state index is -2.02. The lowest BCUT2D eigenvalue weighted by Gasteiger charge is -2.35. The van der Waals surface area contributed by atoms with Crippen LogP contribution < -0.4 is 10.4 Å². The Hall–Kier alpha value is -1.54. The van der Waals surface area contributed by atoms with Gasteiger partial charge in [0.15, 0.2) is 0 Å². The average Bonchev–Trinajstić information content (AvgIpc) is 3.86. The second kappa shape index (κ2) is 16.0. The van der Waals surface area contributed by atoms with Crippen LogP contribution in [0.4, 0.5) is 0 Å². The van der Waals surface area contributed by atoms with Crippen LogP contribution in [0.2, 0.25) is 12.1 Å². The Kier molecular flexibility index (Phi) is 12.4. The smallest absolute Gasteiger partial charge is 0.263 e. The van der Waals surface area contributed by atoms with Crippen LogP contribution in [0.5, 0.6) is 0 Å². The molecule has 3 nitrogen and oxygen atoms in total. The van der Waals surface area contributed by atoms with E-state index < -0.39 is 8.07 Å².